The molecule has 1 rings (SSSR count). The number of rotatable bonds is 7. The van der Waals surface area contributed by atoms with Crippen LogP contribution in [0.2, 0.25) is 0 Å². The lowest BCUT2D eigenvalue weighted by molar-refractivity contribution is -0.143. The minimum Gasteiger partial charge on any atom is -0.480 e. The van der Waals surface area contributed by atoms with Crippen molar-refractivity contribution in [2.45, 2.75) is 33.7 Å². The van der Waals surface area contributed by atoms with Crippen molar-refractivity contribution in [1.29, 1.82) is 0 Å². The van der Waals surface area contributed by atoms with Crippen LogP contribution >= 0.6 is 0 Å². The molecular weight excluding hydrogens is 246 g/mol. The van der Waals surface area contributed by atoms with Gasteiger partial charge in [-0.3, -0.25) is 4.79 Å². The molecule has 5 heteroatoms. The number of aliphatic carboxylic acids is 1. The Kier molecular flexibility index (Phi) is 4.40. The lowest BCUT2D eigenvalue weighted by Crippen LogP contribution is -2.45. The maximum atomic E-state index is 12.1. The maximum Gasteiger partial charge on any atom is 0.328 e. The maximum absolute atomic E-state index is 12.1. The third kappa shape index (κ3) is 2.97. The zero-order valence-corrected chi connectivity index (χ0v) is 12.0. The van der Waals surface area contributed by atoms with E-state index in [0.717, 1.165) is 0 Å². The van der Waals surface area contributed by atoms with Gasteiger partial charge in [0.25, 0.3) is 0 Å². The van der Waals surface area contributed by atoms with E-state index >= 15 is 0 Å². The van der Waals surface area contributed by atoms with Crippen molar-refractivity contribution in [2.75, 3.05) is 13.2 Å². The Morgan fingerprint density at radius 1 is 1.37 bits per heavy atom. The molecule has 0 aromatic heterocycles. The third-order valence-electron chi connectivity index (χ3n) is 4.42. The molecule has 1 fully saturated rings. The van der Waals surface area contributed by atoms with Crippen molar-refractivity contribution in [1.82, 2.24) is 5.32 Å². The number of hydrogen-bond acceptors (Lipinski definition) is 3. The average Bonchev–Trinajstić information content (AvgIpc) is 2.68. The quantitative estimate of drug-likeness (QED) is 0.541. The van der Waals surface area contributed by atoms with Gasteiger partial charge in [0.05, 0.1) is 13.2 Å². The summed E-state index contributed by atoms with van der Waals surface area (Å²) in [5, 5.41) is 11.6. The second-order valence-corrected chi connectivity index (χ2v) is 6.10. The van der Waals surface area contributed by atoms with Crippen molar-refractivity contribution < 1.29 is 19.4 Å². The topological polar surface area (TPSA) is 75.6 Å². The summed E-state index contributed by atoms with van der Waals surface area (Å²) in [5.41, 5.74) is -0.218. The lowest BCUT2D eigenvalue weighted by Gasteiger charge is -2.15. The summed E-state index contributed by atoms with van der Waals surface area (Å²) < 4.78 is 5.10. The number of carboxylic acid groups (broad SMARTS) is 1. The van der Waals surface area contributed by atoms with Crippen LogP contribution in [-0.2, 0) is 14.3 Å². The van der Waals surface area contributed by atoms with Gasteiger partial charge in [-0.1, -0.05) is 33.8 Å². The number of carbonyl (C=O) groups excluding carboxylic acids is 1. The van der Waals surface area contributed by atoms with Gasteiger partial charge in [0.15, 0.2) is 6.04 Å². The Morgan fingerprint density at radius 2 is 1.89 bits per heavy atom. The van der Waals surface area contributed by atoms with Gasteiger partial charge in [0.2, 0.25) is 5.91 Å². The SMILES string of the molecule is C=CCOCC(NC(=O)C1C(C)(C)C1(C)C)C(=O)O. The van der Waals surface area contributed by atoms with Crippen LogP contribution in [0.15, 0.2) is 12.7 Å². The van der Waals surface area contributed by atoms with Crippen LogP contribution in [-0.4, -0.2) is 36.2 Å². The normalized spacial score (nSPS) is 21.5. The molecule has 0 aliphatic heterocycles. The zero-order valence-electron chi connectivity index (χ0n) is 12.0. The molecule has 0 spiro atoms. The predicted octanol–water partition coefficient (Wildman–Crippen LogP) is 1.44. The van der Waals surface area contributed by atoms with Crippen LogP contribution in [0.25, 0.3) is 0 Å². The smallest absolute Gasteiger partial charge is 0.328 e. The van der Waals surface area contributed by atoms with E-state index in [2.05, 4.69) is 11.9 Å². The summed E-state index contributed by atoms with van der Waals surface area (Å²) in [4.78, 5) is 23.2. The monoisotopic (exact) mass is 269 g/mol. The van der Waals surface area contributed by atoms with Crippen LogP contribution in [0.5, 0.6) is 0 Å². The van der Waals surface area contributed by atoms with Gasteiger partial charge in [-0.15, -0.1) is 6.58 Å². The number of ether oxygens (including phenoxy) is 1. The van der Waals surface area contributed by atoms with E-state index in [1.807, 2.05) is 27.7 Å². The highest BCUT2D eigenvalue weighted by Crippen LogP contribution is 2.68. The molecule has 0 saturated heterocycles. The molecule has 0 bridgehead atoms. The van der Waals surface area contributed by atoms with Crippen LogP contribution < -0.4 is 5.32 Å². The molecule has 0 radical (unpaired) electrons. The first-order valence-corrected chi connectivity index (χ1v) is 6.38. The van der Waals surface area contributed by atoms with Crippen molar-refractivity contribution in [3.8, 4) is 0 Å². The highest BCUT2D eigenvalue weighted by Gasteiger charge is 2.68. The van der Waals surface area contributed by atoms with E-state index in [1.54, 1.807) is 0 Å². The predicted molar refractivity (Wildman–Crippen MR) is 71.6 cm³/mol. The molecule has 1 aliphatic carbocycles. The van der Waals surface area contributed by atoms with Gasteiger partial charge in [0, 0.05) is 5.92 Å². The molecule has 0 heterocycles. The highest BCUT2D eigenvalue weighted by atomic mass is 16.5. The van der Waals surface area contributed by atoms with Gasteiger partial charge < -0.3 is 15.2 Å². The van der Waals surface area contributed by atoms with E-state index in [-0.39, 0.29) is 35.9 Å². The lowest BCUT2D eigenvalue weighted by atomic mass is 10.0. The summed E-state index contributed by atoms with van der Waals surface area (Å²) >= 11 is 0. The van der Waals surface area contributed by atoms with Crippen LogP contribution in [0.3, 0.4) is 0 Å². The number of nitrogens with one attached hydrogen (secondary N) is 1. The van der Waals surface area contributed by atoms with Gasteiger partial charge in [-0.25, -0.2) is 4.79 Å². The van der Waals surface area contributed by atoms with Crippen molar-refractivity contribution >= 4 is 11.9 Å². The van der Waals surface area contributed by atoms with Crippen LogP contribution in [0.1, 0.15) is 27.7 Å². The first-order chi connectivity index (χ1) is 8.66. The number of hydrogen-bond donors (Lipinski definition) is 2. The van der Waals surface area contributed by atoms with E-state index in [4.69, 9.17) is 9.84 Å². The van der Waals surface area contributed by atoms with Gasteiger partial charge in [-0.2, -0.15) is 0 Å². The molecule has 5 nitrogen and oxygen atoms in total. The van der Waals surface area contributed by atoms with E-state index in [9.17, 15) is 9.59 Å². The Bertz CT molecular complexity index is 373. The van der Waals surface area contributed by atoms with E-state index in [1.165, 1.54) is 6.08 Å². The highest BCUT2D eigenvalue weighted by molar-refractivity contribution is 5.88. The molecule has 2 N–H and O–H groups in total. The van der Waals surface area contributed by atoms with Crippen LogP contribution in [0.4, 0.5) is 0 Å². The van der Waals surface area contributed by atoms with Gasteiger partial charge in [-0.05, 0) is 10.8 Å². The molecule has 1 aliphatic rings. The molecule has 1 atom stereocenters. The van der Waals surface area contributed by atoms with Gasteiger partial charge >= 0.3 is 5.97 Å². The summed E-state index contributed by atoms with van der Waals surface area (Å²) in [6, 6.07) is -1.01. The third-order valence-corrected chi connectivity index (χ3v) is 4.42. The van der Waals surface area contributed by atoms with Crippen LogP contribution in [0, 0.1) is 16.7 Å². The fraction of sp³-hybridized carbons (Fsp3) is 0.714. The summed E-state index contributed by atoms with van der Waals surface area (Å²) in [6.45, 7) is 11.7. The Hall–Kier alpha value is -1.36. The van der Waals surface area contributed by atoms with E-state index < -0.39 is 12.0 Å². The minimum absolute atomic E-state index is 0.0549. The average molecular weight is 269 g/mol. The van der Waals surface area contributed by atoms with Crippen molar-refractivity contribution in [2.24, 2.45) is 16.7 Å². The summed E-state index contributed by atoms with van der Waals surface area (Å²) in [5.74, 6) is -1.47. The Morgan fingerprint density at radius 3 is 2.26 bits per heavy atom. The first-order valence-electron chi connectivity index (χ1n) is 6.38. The number of amides is 1. The number of carbonyl (C=O) groups is 2. The standard InChI is InChI=1S/C14H23NO4/c1-6-7-19-8-9(12(17)18)15-11(16)10-13(2,3)14(10,4)5/h6,9-10H,1,7-8H2,2-5H3,(H,15,16)(H,17,18). The molecule has 1 unspecified atom stereocenters. The van der Waals surface area contributed by atoms with Gasteiger partial charge in [0.1, 0.15) is 0 Å². The Balaban J connectivity index is 2.59. The second kappa shape index (κ2) is 5.33. The molecule has 0 aromatic rings. The largest absolute Gasteiger partial charge is 0.480 e. The molecule has 1 saturated carbocycles. The molecule has 19 heavy (non-hydrogen) atoms. The minimum atomic E-state index is -1.09. The molecule has 1 amide bonds. The summed E-state index contributed by atoms with van der Waals surface area (Å²) in [7, 11) is 0. The first kappa shape index (κ1) is 15.7. The Labute approximate surface area is 114 Å². The molecule has 108 valence electrons. The van der Waals surface area contributed by atoms with E-state index in [0.29, 0.717) is 0 Å². The summed E-state index contributed by atoms with van der Waals surface area (Å²) in [6.07, 6.45) is 1.54. The number of carboxylic acids is 1. The zero-order chi connectivity index (χ0) is 14.8. The fourth-order valence-electron chi connectivity index (χ4n) is 2.55. The van der Waals surface area contributed by atoms with Crippen molar-refractivity contribution in [3.05, 3.63) is 12.7 Å². The molecular formula is C14H23NO4. The molecule has 0 aromatic carbocycles. The van der Waals surface area contributed by atoms with Crippen molar-refractivity contribution in [3.63, 3.8) is 0 Å². The fourth-order valence-corrected chi connectivity index (χ4v) is 2.55. The second-order valence-electron chi connectivity index (χ2n) is 6.10.